The lowest BCUT2D eigenvalue weighted by atomic mass is 10.1. The summed E-state index contributed by atoms with van der Waals surface area (Å²) in [5.41, 5.74) is 7.23. The summed E-state index contributed by atoms with van der Waals surface area (Å²) in [5, 5.41) is 0.806. The molecule has 3 aromatic carbocycles. The monoisotopic (exact) mass is 592 g/mol. The van der Waals surface area contributed by atoms with Crippen LogP contribution in [0.15, 0.2) is 76.0 Å². The SMILES string of the molecule is Cc1ccc(Cl)cc1S(=O)(=O)[O-].Nc1oc(C(F)(F)F)[n+](Cc2ccccc2)c1-c1cc(Cl)cc(Cl)c1. The number of nitrogens with two attached hydrogens (primary N) is 1. The number of alkyl halides is 3. The normalized spacial score (nSPS) is 11.7. The first-order chi connectivity index (χ1) is 17.2. The molecular formula is C24H18Cl3F3N2O4S. The van der Waals surface area contributed by atoms with E-state index in [9.17, 15) is 26.1 Å². The fourth-order valence-corrected chi connectivity index (χ4v) is 4.90. The number of rotatable bonds is 4. The lowest BCUT2D eigenvalue weighted by Gasteiger charge is -2.09. The average Bonchev–Trinajstić information content (AvgIpc) is 3.11. The molecule has 0 aliphatic heterocycles. The molecule has 1 aromatic heterocycles. The second-order valence-corrected chi connectivity index (χ2v) is 10.4. The molecule has 0 spiro atoms. The van der Waals surface area contributed by atoms with Gasteiger partial charge in [0, 0.05) is 20.6 Å². The first-order valence-corrected chi connectivity index (χ1v) is 12.8. The topological polar surface area (TPSA) is 100 Å². The first kappa shape index (κ1) is 28.8. The van der Waals surface area contributed by atoms with Crippen LogP contribution in [-0.4, -0.2) is 13.0 Å². The minimum atomic E-state index is -4.70. The molecule has 0 aliphatic carbocycles. The summed E-state index contributed by atoms with van der Waals surface area (Å²) in [6, 6.07) is 17.3. The Bertz CT molecular complexity index is 1510. The Balaban J connectivity index is 0.000000266. The van der Waals surface area contributed by atoms with Crippen molar-refractivity contribution >= 4 is 50.8 Å². The summed E-state index contributed by atoms with van der Waals surface area (Å²) >= 11 is 17.5. The van der Waals surface area contributed by atoms with Gasteiger partial charge in [-0.2, -0.15) is 13.2 Å². The van der Waals surface area contributed by atoms with E-state index < -0.39 is 22.2 Å². The minimum absolute atomic E-state index is 0.0700. The summed E-state index contributed by atoms with van der Waals surface area (Å²) in [6.07, 6.45) is -4.70. The van der Waals surface area contributed by atoms with Gasteiger partial charge in [0.1, 0.15) is 10.1 Å². The molecular weight excluding hydrogens is 576 g/mol. The zero-order chi connectivity index (χ0) is 27.5. The lowest BCUT2D eigenvalue weighted by Crippen LogP contribution is -2.42. The smallest absolute Gasteiger partial charge is 0.517 e. The Hall–Kier alpha value is -2.76. The van der Waals surface area contributed by atoms with Gasteiger partial charge in [-0.05, 0) is 42.8 Å². The van der Waals surface area contributed by atoms with E-state index in [1.54, 1.807) is 37.3 Å². The molecule has 13 heteroatoms. The van der Waals surface area contributed by atoms with Crippen LogP contribution in [-0.2, 0) is 22.8 Å². The molecule has 37 heavy (non-hydrogen) atoms. The van der Waals surface area contributed by atoms with Gasteiger partial charge in [-0.1, -0.05) is 71.2 Å². The zero-order valence-corrected chi connectivity index (χ0v) is 22.0. The molecule has 2 N–H and O–H groups in total. The maximum absolute atomic E-state index is 13.4. The summed E-state index contributed by atoms with van der Waals surface area (Å²) in [4.78, 5) is -0.255. The van der Waals surface area contributed by atoms with Crippen LogP contribution in [0, 0.1) is 6.92 Å². The van der Waals surface area contributed by atoms with Gasteiger partial charge in [-0.3, -0.25) is 0 Å². The molecule has 0 atom stereocenters. The van der Waals surface area contributed by atoms with Gasteiger partial charge in [0.2, 0.25) is 0 Å². The van der Waals surface area contributed by atoms with Crippen LogP contribution in [0.1, 0.15) is 17.0 Å². The molecule has 4 rings (SSSR count). The predicted molar refractivity (Wildman–Crippen MR) is 133 cm³/mol. The van der Waals surface area contributed by atoms with E-state index in [2.05, 4.69) is 0 Å². The highest BCUT2D eigenvalue weighted by molar-refractivity contribution is 7.85. The molecule has 0 amide bonds. The molecule has 0 fully saturated rings. The molecule has 6 nitrogen and oxygen atoms in total. The summed E-state index contributed by atoms with van der Waals surface area (Å²) in [5.74, 6) is -1.55. The van der Waals surface area contributed by atoms with Gasteiger partial charge < -0.3 is 14.7 Å². The van der Waals surface area contributed by atoms with Gasteiger partial charge >= 0.3 is 12.1 Å². The van der Waals surface area contributed by atoms with Crippen LogP contribution in [0.2, 0.25) is 15.1 Å². The van der Waals surface area contributed by atoms with Gasteiger partial charge in [-0.25, -0.2) is 8.42 Å². The van der Waals surface area contributed by atoms with Crippen LogP contribution in [0.25, 0.3) is 11.3 Å². The lowest BCUT2D eigenvalue weighted by molar-refractivity contribution is -0.701. The largest absolute Gasteiger partial charge is 0.744 e. The highest BCUT2D eigenvalue weighted by atomic mass is 35.5. The molecule has 0 bridgehead atoms. The van der Waals surface area contributed by atoms with E-state index in [4.69, 9.17) is 45.0 Å². The Morgan fingerprint density at radius 2 is 1.54 bits per heavy atom. The Morgan fingerprint density at radius 3 is 2.05 bits per heavy atom. The number of benzene rings is 3. The number of nitrogens with zero attached hydrogens (tertiary/aromatic N) is 1. The quantitative estimate of drug-likeness (QED) is 0.209. The van der Waals surface area contributed by atoms with Crippen LogP contribution < -0.4 is 10.3 Å². The predicted octanol–water partition coefficient (Wildman–Crippen LogP) is 6.74. The number of aryl methyl sites for hydroxylation is 1. The molecule has 0 aliphatic rings. The van der Waals surface area contributed by atoms with Crippen molar-refractivity contribution in [3.8, 4) is 11.3 Å². The van der Waals surface area contributed by atoms with Crippen LogP contribution in [0.5, 0.6) is 0 Å². The van der Waals surface area contributed by atoms with Crippen molar-refractivity contribution in [3.63, 3.8) is 0 Å². The summed E-state index contributed by atoms with van der Waals surface area (Å²) in [6.45, 7) is 1.47. The van der Waals surface area contributed by atoms with E-state index in [0.717, 1.165) is 10.6 Å². The van der Waals surface area contributed by atoms with E-state index in [1.807, 2.05) is 0 Å². The third-order valence-corrected chi connectivity index (χ3v) is 6.59. The van der Waals surface area contributed by atoms with Crippen molar-refractivity contribution in [2.75, 3.05) is 5.73 Å². The summed E-state index contributed by atoms with van der Waals surface area (Å²) < 4.78 is 77.8. The van der Waals surface area contributed by atoms with Gasteiger partial charge in [0.15, 0.2) is 6.54 Å². The molecule has 0 radical (unpaired) electrons. The van der Waals surface area contributed by atoms with Crippen molar-refractivity contribution in [3.05, 3.63) is 98.8 Å². The Morgan fingerprint density at radius 1 is 0.946 bits per heavy atom. The number of aromatic nitrogens is 1. The van der Waals surface area contributed by atoms with Crippen molar-refractivity contribution in [1.82, 2.24) is 0 Å². The highest BCUT2D eigenvalue weighted by Crippen LogP contribution is 2.35. The third-order valence-electron chi connectivity index (χ3n) is 4.94. The number of hydrogen-bond donors (Lipinski definition) is 1. The Kier molecular flexibility index (Phi) is 8.81. The van der Waals surface area contributed by atoms with Gasteiger partial charge in [0.25, 0.3) is 11.6 Å². The van der Waals surface area contributed by atoms with Crippen molar-refractivity contribution in [2.45, 2.75) is 24.5 Å². The van der Waals surface area contributed by atoms with E-state index in [-0.39, 0.29) is 38.1 Å². The molecule has 0 saturated carbocycles. The van der Waals surface area contributed by atoms with Gasteiger partial charge in [0.05, 0.1) is 10.5 Å². The highest BCUT2D eigenvalue weighted by Gasteiger charge is 2.49. The zero-order valence-electron chi connectivity index (χ0n) is 18.9. The molecule has 0 unspecified atom stereocenters. The number of nitrogen functional groups attached to an aromatic ring is 1. The van der Waals surface area contributed by atoms with E-state index in [0.29, 0.717) is 16.7 Å². The summed E-state index contributed by atoms with van der Waals surface area (Å²) in [7, 11) is -4.39. The number of halogens is 6. The first-order valence-electron chi connectivity index (χ1n) is 10.3. The van der Waals surface area contributed by atoms with Gasteiger partial charge in [-0.15, -0.1) is 4.57 Å². The average molecular weight is 594 g/mol. The number of oxazole rings is 1. The maximum Gasteiger partial charge on any atom is 0.517 e. The molecule has 0 saturated heterocycles. The number of hydrogen-bond acceptors (Lipinski definition) is 5. The molecule has 1 heterocycles. The minimum Gasteiger partial charge on any atom is -0.744 e. The van der Waals surface area contributed by atoms with Crippen molar-refractivity contribution in [2.24, 2.45) is 0 Å². The second-order valence-electron chi connectivity index (χ2n) is 7.71. The molecule has 196 valence electrons. The van der Waals surface area contributed by atoms with E-state index >= 15 is 0 Å². The van der Waals surface area contributed by atoms with Crippen LogP contribution >= 0.6 is 34.8 Å². The third kappa shape index (κ3) is 7.39. The van der Waals surface area contributed by atoms with Crippen molar-refractivity contribution in [1.29, 1.82) is 0 Å². The van der Waals surface area contributed by atoms with E-state index in [1.165, 1.54) is 30.3 Å². The number of anilines is 1. The van der Waals surface area contributed by atoms with Crippen molar-refractivity contribution < 1.29 is 35.1 Å². The maximum atomic E-state index is 13.4. The fourth-order valence-electron chi connectivity index (χ4n) is 3.40. The van der Waals surface area contributed by atoms with Crippen LogP contribution in [0.3, 0.4) is 0 Å². The Labute approximate surface area is 225 Å². The standard InChI is InChI=1S/C17H12Cl2F3N2O.C7H7ClO3S/c18-12-6-11(7-13(19)8-12)14-15(23)25-16(17(20,21)22)24(14)9-10-4-2-1-3-5-10;1-5-2-3-6(8)4-7(5)12(9,10)11/h1-8H,9,23H2;2-4H,1H3,(H,9,10,11)/q+1;/p-1. The second kappa shape index (κ2) is 11.3. The van der Waals surface area contributed by atoms with Crippen LogP contribution in [0.4, 0.5) is 19.1 Å². The fraction of sp³-hybridized carbons (Fsp3) is 0.125. The molecule has 4 aromatic rings.